The zero-order valence-electron chi connectivity index (χ0n) is 17.9. The Hall–Kier alpha value is -3.30. The van der Waals surface area contributed by atoms with Crippen molar-refractivity contribution in [2.75, 3.05) is 18.5 Å². The van der Waals surface area contributed by atoms with Gasteiger partial charge in [0, 0.05) is 37.2 Å². The molecule has 170 valence electrons. The summed E-state index contributed by atoms with van der Waals surface area (Å²) in [6.45, 7) is 3.11. The molecule has 2 aromatic heterocycles. The van der Waals surface area contributed by atoms with Crippen LogP contribution in [0.5, 0.6) is 0 Å². The highest BCUT2D eigenvalue weighted by molar-refractivity contribution is 8.93. The number of benzene rings is 2. The first-order chi connectivity index (χ1) is 15.5. The average Bonchev–Trinajstić information content (AvgIpc) is 3.19. The molecule has 1 atom stereocenters. The smallest absolute Gasteiger partial charge is 0.271 e. The molecule has 9 heteroatoms. The lowest BCUT2D eigenvalue weighted by Gasteiger charge is -2.24. The zero-order chi connectivity index (χ0) is 22.2. The normalized spacial score (nSPS) is 14.8. The molecular weight excluding hydrogens is 489 g/mol. The van der Waals surface area contributed by atoms with E-state index in [0.29, 0.717) is 30.2 Å². The van der Waals surface area contributed by atoms with Gasteiger partial charge in [-0.2, -0.15) is 14.9 Å². The van der Waals surface area contributed by atoms with E-state index in [4.69, 9.17) is 5.10 Å². The van der Waals surface area contributed by atoms with Gasteiger partial charge in [-0.3, -0.25) is 4.79 Å². The molecule has 0 amide bonds. The Morgan fingerprint density at radius 2 is 1.85 bits per heavy atom. The van der Waals surface area contributed by atoms with Crippen molar-refractivity contribution >= 4 is 22.8 Å². The topological polar surface area (TPSA) is 85.0 Å². The predicted octanol–water partition coefficient (Wildman–Crippen LogP) is 3.82. The molecule has 0 radical (unpaired) electrons. The number of hydrogen-bond acceptors (Lipinski definition) is 5. The Labute approximate surface area is 200 Å². The maximum atomic E-state index is 13.6. The van der Waals surface area contributed by atoms with E-state index < -0.39 is 0 Å². The molecule has 1 aliphatic rings. The lowest BCUT2D eigenvalue weighted by atomic mass is 10.0. The molecule has 0 bridgehead atoms. The van der Waals surface area contributed by atoms with Gasteiger partial charge in [-0.15, -0.1) is 17.0 Å². The van der Waals surface area contributed by atoms with Crippen LogP contribution in [0.2, 0.25) is 0 Å². The number of nitrogens with zero attached hydrogens (tertiary/aromatic N) is 4. The van der Waals surface area contributed by atoms with Crippen molar-refractivity contribution in [1.82, 2.24) is 19.6 Å². The molecule has 1 unspecified atom stereocenters. The number of aromatic nitrogens is 4. The highest BCUT2D eigenvalue weighted by Gasteiger charge is 2.27. The largest absolute Gasteiger partial charge is 0.396 e. The van der Waals surface area contributed by atoms with Gasteiger partial charge >= 0.3 is 0 Å². The molecule has 1 aliphatic heterocycles. The van der Waals surface area contributed by atoms with Gasteiger partial charge in [-0.1, -0.05) is 18.2 Å². The van der Waals surface area contributed by atoms with Crippen LogP contribution in [0, 0.1) is 18.7 Å². The van der Waals surface area contributed by atoms with Gasteiger partial charge in [0.1, 0.15) is 17.3 Å². The third-order valence-corrected chi connectivity index (χ3v) is 5.72. The lowest BCUT2D eigenvalue weighted by Crippen LogP contribution is -2.30. The predicted molar refractivity (Wildman–Crippen MR) is 131 cm³/mol. The standard InChI is InChI=1S/C24H22FN5O2.BrH/c1-15-4-2-3-5-20(15)30-21(32)11-10-19(27-30)22-23(17-6-8-18(25)9-7-17)28-29-13-16(14-31)12-26-24(22)29;/h2-11,16,26,31H,12-14H2,1H3;1H. The third kappa shape index (κ3) is 4.21. The summed E-state index contributed by atoms with van der Waals surface area (Å²) in [6, 6.07) is 16.9. The number of rotatable bonds is 4. The van der Waals surface area contributed by atoms with E-state index in [1.807, 2.05) is 35.9 Å². The fourth-order valence-electron chi connectivity index (χ4n) is 4.02. The number of fused-ring (bicyclic) bond motifs is 1. The quantitative estimate of drug-likeness (QED) is 0.435. The maximum absolute atomic E-state index is 13.6. The molecule has 0 spiro atoms. The number of aliphatic hydroxyl groups is 1. The Bertz CT molecular complexity index is 1350. The monoisotopic (exact) mass is 511 g/mol. The van der Waals surface area contributed by atoms with Crippen LogP contribution in [0.25, 0.3) is 28.2 Å². The molecule has 0 aliphatic carbocycles. The molecule has 33 heavy (non-hydrogen) atoms. The summed E-state index contributed by atoms with van der Waals surface area (Å²) >= 11 is 0. The molecule has 0 fully saturated rings. The van der Waals surface area contributed by atoms with Crippen molar-refractivity contribution in [3.63, 3.8) is 0 Å². The first-order valence-corrected chi connectivity index (χ1v) is 10.4. The number of aryl methyl sites for hydroxylation is 1. The second kappa shape index (κ2) is 9.29. The van der Waals surface area contributed by atoms with E-state index in [-0.39, 0.29) is 40.9 Å². The Balaban J connectivity index is 0.00000259. The maximum Gasteiger partial charge on any atom is 0.271 e. The van der Waals surface area contributed by atoms with Crippen molar-refractivity contribution in [1.29, 1.82) is 0 Å². The van der Waals surface area contributed by atoms with Gasteiger partial charge < -0.3 is 10.4 Å². The summed E-state index contributed by atoms with van der Waals surface area (Å²) in [5.41, 5.74) is 4.07. The van der Waals surface area contributed by atoms with E-state index in [9.17, 15) is 14.3 Å². The second-order valence-corrected chi connectivity index (χ2v) is 7.95. The number of anilines is 1. The molecule has 2 aromatic carbocycles. The van der Waals surface area contributed by atoms with E-state index in [0.717, 1.165) is 22.5 Å². The molecular formula is C24H23BrFN5O2. The van der Waals surface area contributed by atoms with Crippen LogP contribution in [-0.2, 0) is 6.54 Å². The molecule has 2 N–H and O–H groups in total. The minimum Gasteiger partial charge on any atom is -0.396 e. The van der Waals surface area contributed by atoms with Gasteiger partial charge in [-0.25, -0.2) is 9.07 Å². The number of para-hydroxylation sites is 1. The molecule has 7 nitrogen and oxygen atoms in total. The van der Waals surface area contributed by atoms with Crippen LogP contribution < -0.4 is 10.9 Å². The van der Waals surface area contributed by atoms with E-state index in [1.165, 1.54) is 22.9 Å². The Kier molecular flexibility index (Phi) is 6.44. The lowest BCUT2D eigenvalue weighted by molar-refractivity contribution is 0.209. The van der Waals surface area contributed by atoms with Crippen LogP contribution >= 0.6 is 17.0 Å². The SMILES string of the molecule is Br.Cc1ccccc1-n1nc(-c2c(-c3ccc(F)cc3)nn3c2NCC(CO)C3)ccc1=O. The minimum absolute atomic E-state index is 0. The first kappa shape index (κ1) is 22.9. The summed E-state index contributed by atoms with van der Waals surface area (Å²) < 4.78 is 16.8. The summed E-state index contributed by atoms with van der Waals surface area (Å²) in [4.78, 5) is 12.7. The molecule has 5 rings (SSSR count). The highest BCUT2D eigenvalue weighted by atomic mass is 79.9. The van der Waals surface area contributed by atoms with Crippen molar-refractivity contribution < 1.29 is 9.50 Å². The average molecular weight is 512 g/mol. The zero-order valence-corrected chi connectivity index (χ0v) is 19.6. The summed E-state index contributed by atoms with van der Waals surface area (Å²) in [6.07, 6.45) is 0. The number of aliphatic hydroxyl groups excluding tert-OH is 1. The molecule has 4 aromatic rings. The van der Waals surface area contributed by atoms with Gasteiger partial charge in [0.05, 0.1) is 16.9 Å². The van der Waals surface area contributed by atoms with Crippen LogP contribution in [-0.4, -0.2) is 37.8 Å². The van der Waals surface area contributed by atoms with Crippen LogP contribution in [0.15, 0.2) is 65.5 Å². The number of halogens is 2. The van der Waals surface area contributed by atoms with E-state index >= 15 is 0 Å². The molecule has 0 saturated heterocycles. The van der Waals surface area contributed by atoms with Gasteiger partial charge in [-0.05, 0) is 48.9 Å². The molecule has 0 saturated carbocycles. The first-order valence-electron chi connectivity index (χ1n) is 10.4. The summed E-state index contributed by atoms with van der Waals surface area (Å²) in [5.74, 6) is 0.464. The Morgan fingerprint density at radius 3 is 2.58 bits per heavy atom. The van der Waals surface area contributed by atoms with Crippen LogP contribution in [0.3, 0.4) is 0 Å². The van der Waals surface area contributed by atoms with E-state index in [1.54, 1.807) is 18.2 Å². The fourth-order valence-corrected chi connectivity index (χ4v) is 4.02. The highest BCUT2D eigenvalue weighted by Crippen LogP contribution is 2.38. The van der Waals surface area contributed by atoms with Crippen molar-refractivity contribution in [2.45, 2.75) is 13.5 Å². The summed E-state index contributed by atoms with van der Waals surface area (Å²) in [5, 5.41) is 22.4. The second-order valence-electron chi connectivity index (χ2n) is 7.95. The fraction of sp³-hybridized carbons (Fsp3) is 0.208. The third-order valence-electron chi connectivity index (χ3n) is 5.72. The van der Waals surface area contributed by atoms with Crippen molar-refractivity contribution in [3.8, 4) is 28.2 Å². The van der Waals surface area contributed by atoms with Gasteiger partial charge in [0.25, 0.3) is 5.56 Å². The number of hydrogen-bond donors (Lipinski definition) is 2. The van der Waals surface area contributed by atoms with Crippen molar-refractivity contribution in [2.24, 2.45) is 5.92 Å². The van der Waals surface area contributed by atoms with Crippen molar-refractivity contribution in [3.05, 3.63) is 82.4 Å². The summed E-state index contributed by atoms with van der Waals surface area (Å²) in [7, 11) is 0. The van der Waals surface area contributed by atoms with Crippen LogP contribution in [0.4, 0.5) is 10.2 Å². The minimum atomic E-state index is -0.330. The Morgan fingerprint density at radius 1 is 1.09 bits per heavy atom. The van der Waals surface area contributed by atoms with E-state index in [2.05, 4.69) is 10.4 Å². The number of nitrogens with one attached hydrogen (secondary N) is 1. The van der Waals surface area contributed by atoms with Gasteiger partial charge in [0.15, 0.2) is 0 Å². The van der Waals surface area contributed by atoms with Crippen LogP contribution in [0.1, 0.15) is 5.56 Å². The van der Waals surface area contributed by atoms with Gasteiger partial charge in [0.2, 0.25) is 0 Å². The molecule has 3 heterocycles.